The van der Waals surface area contributed by atoms with Gasteiger partial charge in [0.2, 0.25) is 0 Å². The molecule has 5 heterocycles. The zero-order valence-corrected chi connectivity index (χ0v) is 21.6. The lowest BCUT2D eigenvalue weighted by Gasteiger charge is -2.25. The minimum Gasteiger partial charge on any atom is -0.379 e. The summed E-state index contributed by atoms with van der Waals surface area (Å²) in [5.74, 6) is 0. The predicted molar refractivity (Wildman–Crippen MR) is 136 cm³/mol. The average Bonchev–Trinajstić information content (AvgIpc) is 3.58. The van der Waals surface area contributed by atoms with Gasteiger partial charge < -0.3 is 29.7 Å². The number of morpholine rings is 1. The van der Waals surface area contributed by atoms with Gasteiger partial charge in [0.25, 0.3) is 0 Å². The molecule has 2 aromatic rings. The van der Waals surface area contributed by atoms with E-state index in [2.05, 4.69) is 45.9 Å². The number of likely N-dealkylation sites (tertiary alicyclic amines) is 2. The van der Waals surface area contributed by atoms with E-state index < -0.39 is 0 Å². The predicted octanol–water partition coefficient (Wildman–Crippen LogP) is 1.54. The first kappa shape index (κ1) is 29.3. The number of nitrogens with zero attached hydrogens (tertiary/aromatic N) is 7. The summed E-state index contributed by atoms with van der Waals surface area (Å²) in [5.41, 5.74) is 5.67. The van der Waals surface area contributed by atoms with Crippen LogP contribution in [-0.2, 0) is 18.8 Å². The molecule has 0 unspecified atom stereocenters. The number of rotatable bonds is 0. The van der Waals surface area contributed by atoms with E-state index in [0.717, 1.165) is 26.3 Å². The molecule has 0 aliphatic carbocycles. The van der Waals surface area contributed by atoms with Crippen LogP contribution >= 0.6 is 0 Å². The Balaban J connectivity index is 0.000000207. The van der Waals surface area contributed by atoms with Crippen LogP contribution in [0.3, 0.4) is 0 Å². The minimum absolute atomic E-state index is 0.478. The Morgan fingerprint density at radius 2 is 1.33 bits per heavy atom. The molecule has 0 aromatic carbocycles. The fourth-order valence-electron chi connectivity index (χ4n) is 3.23. The van der Waals surface area contributed by atoms with Gasteiger partial charge in [-0.2, -0.15) is 5.10 Å². The van der Waals surface area contributed by atoms with Gasteiger partial charge >= 0.3 is 0 Å². The van der Waals surface area contributed by atoms with Crippen molar-refractivity contribution in [3.63, 3.8) is 0 Å². The number of hydrogen-bond donors (Lipinski definition) is 1. The average molecular weight is 465 g/mol. The number of aromatic nitrogens is 4. The molecular formula is C24H48N8O. The van der Waals surface area contributed by atoms with Crippen molar-refractivity contribution in [3.8, 4) is 0 Å². The molecule has 3 aliphatic rings. The highest BCUT2D eigenvalue weighted by atomic mass is 16.5. The zero-order valence-electron chi connectivity index (χ0n) is 21.6. The van der Waals surface area contributed by atoms with E-state index in [9.17, 15) is 0 Å². The molecule has 3 fully saturated rings. The minimum atomic E-state index is 0.478. The maximum absolute atomic E-state index is 5.67. The summed E-state index contributed by atoms with van der Waals surface area (Å²) < 4.78 is 8.74. The van der Waals surface area contributed by atoms with Crippen LogP contribution in [0.1, 0.15) is 25.7 Å². The largest absolute Gasteiger partial charge is 0.379 e. The highest BCUT2D eigenvalue weighted by molar-refractivity contribution is 4.75. The molecule has 0 amide bonds. The van der Waals surface area contributed by atoms with Crippen LogP contribution < -0.4 is 5.73 Å². The molecule has 2 aromatic heterocycles. The summed E-state index contributed by atoms with van der Waals surface area (Å²) in [6, 6.07) is 2.37. The Labute approximate surface area is 201 Å². The Morgan fingerprint density at radius 1 is 0.758 bits per heavy atom. The summed E-state index contributed by atoms with van der Waals surface area (Å²) in [5, 5.41) is 3.83. The molecule has 0 bridgehead atoms. The van der Waals surface area contributed by atoms with Gasteiger partial charge in [0.15, 0.2) is 0 Å². The van der Waals surface area contributed by atoms with Crippen LogP contribution in [0.5, 0.6) is 0 Å². The maximum Gasteiger partial charge on any atom is 0.0943 e. The summed E-state index contributed by atoms with van der Waals surface area (Å²) in [4.78, 5) is 10.7. The molecule has 190 valence electrons. The fourth-order valence-corrected chi connectivity index (χ4v) is 3.23. The van der Waals surface area contributed by atoms with Crippen LogP contribution in [0.25, 0.3) is 0 Å². The van der Waals surface area contributed by atoms with E-state index in [0.29, 0.717) is 6.04 Å². The third-order valence-corrected chi connectivity index (χ3v) is 5.60. The zero-order chi connectivity index (χ0) is 24.3. The Bertz CT molecular complexity index is 587. The number of aryl methyl sites for hydroxylation is 2. The standard InChI is InChI=1S/C6H14N2.C5H11NO.C5H11N.2C4H6N2/c1-8-4-2-6(7)3-5-8;1-6-2-4-7-5-3-6;1-6-4-2-3-5-6;1-6-3-2-5-4-6;1-6-4-2-3-5-6/h6H,2-5,7H2,1H3;2-5H2,1H3;2-5H2,1H3;2*2-4H,1H3. The first-order chi connectivity index (χ1) is 15.9. The monoisotopic (exact) mass is 464 g/mol. The van der Waals surface area contributed by atoms with E-state index in [-0.39, 0.29) is 0 Å². The molecule has 2 N–H and O–H groups in total. The van der Waals surface area contributed by atoms with Crippen molar-refractivity contribution in [2.75, 3.05) is 73.6 Å². The van der Waals surface area contributed by atoms with E-state index in [1.807, 2.05) is 37.1 Å². The molecule has 9 heteroatoms. The van der Waals surface area contributed by atoms with Gasteiger partial charge in [0.1, 0.15) is 0 Å². The van der Waals surface area contributed by atoms with E-state index >= 15 is 0 Å². The fraction of sp³-hybridized carbons (Fsp3) is 0.750. The number of hydrogen-bond acceptors (Lipinski definition) is 7. The van der Waals surface area contributed by atoms with E-state index in [1.165, 1.54) is 51.9 Å². The molecule has 3 saturated heterocycles. The number of imidazole rings is 1. The number of ether oxygens (including phenoxy) is 1. The first-order valence-electron chi connectivity index (χ1n) is 12.1. The topological polar surface area (TPSA) is 80.6 Å². The van der Waals surface area contributed by atoms with Gasteiger partial charge in [0.05, 0.1) is 19.5 Å². The van der Waals surface area contributed by atoms with Gasteiger partial charge in [-0.3, -0.25) is 4.68 Å². The van der Waals surface area contributed by atoms with Crippen molar-refractivity contribution >= 4 is 0 Å². The molecule has 5 rings (SSSR count). The van der Waals surface area contributed by atoms with Crippen molar-refractivity contribution < 1.29 is 4.74 Å². The second-order valence-electron chi connectivity index (χ2n) is 8.97. The lowest BCUT2D eigenvalue weighted by atomic mass is 10.1. The smallest absolute Gasteiger partial charge is 0.0943 e. The third-order valence-electron chi connectivity index (χ3n) is 5.60. The second kappa shape index (κ2) is 18.6. The van der Waals surface area contributed by atoms with E-state index in [1.54, 1.807) is 23.4 Å². The number of piperidine rings is 1. The van der Waals surface area contributed by atoms with Crippen LogP contribution in [0, 0.1) is 0 Å². The van der Waals surface area contributed by atoms with Crippen molar-refractivity contribution in [1.29, 1.82) is 0 Å². The number of likely N-dealkylation sites (N-methyl/N-ethyl adjacent to an activating group) is 1. The maximum atomic E-state index is 5.67. The van der Waals surface area contributed by atoms with Gasteiger partial charge in [-0.1, -0.05) is 0 Å². The highest BCUT2D eigenvalue weighted by Crippen LogP contribution is 2.04. The van der Waals surface area contributed by atoms with Crippen molar-refractivity contribution in [2.45, 2.75) is 31.7 Å². The Morgan fingerprint density at radius 3 is 1.58 bits per heavy atom. The summed E-state index contributed by atoms with van der Waals surface area (Å²) in [6.07, 6.45) is 14.2. The normalized spacial score (nSPS) is 19.6. The highest BCUT2D eigenvalue weighted by Gasteiger charge is 2.11. The lowest BCUT2D eigenvalue weighted by molar-refractivity contribution is 0.0503. The number of nitrogens with two attached hydrogens (primary N) is 1. The Kier molecular flexibility index (Phi) is 16.5. The molecule has 33 heavy (non-hydrogen) atoms. The van der Waals surface area contributed by atoms with Crippen molar-refractivity contribution in [3.05, 3.63) is 37.2 Å². The second-order valence-corrected chi connectivity index (χ2v) is 8.97. The summed E-state index contributed by atoms with van der Waals surface area (Å²) in [7, 11) is 10.3. The van der Waals surface area contributed by atoms with Gasteiger partial charge in [-0.25, -0.2) is 4.98 Å². The lowest BCUT2D eigenvalue weighted by Crippen LogP contribution is -2.37. The molecule has 0 spiro atoms. The molecule has 3 aliphatic heterocycles. The Hall–Kier alpha value is -1.78. The van der Waals surface area contributed by atoms with Gasteiger partial charge in [-0.15, -0.1) is 0 Å². The van der Waals surface area contributed by atoms with Crippen molar-refractivity contribution in [2.24, 2.45) is 19.8 Å². The first-order valence-corrected chi connectivity index (χ1v) is 12.1. The molecule has 0 saturated carbocycles. The molecular weight excluding hydrogens is 416 g/mol. The molecule has 0 atom stereocenters. The van der Waals surface area contributed by atoms with Gasteiger partial charge in [-0.05, 0) is 79.1 Å². The third kappa shape index (κ3) is 17.4. The van der Waals surface area contributed by atoms with Gasteiger partial charge in [0, 0.05) is 58.0 Å². The quantitative estimate of drug-likeness (QED) is 0.633. The van der Waals surface area contributed by atoms with Crippen LogP contribution in [0.4, 0.5) is 0 Å². The van der Waals surface area contributed by atoms with Crippen LogP contribution in [-0.4, -0.2) is 114 Å². The summed E-state index contributed by atoms with van der Waals surface area (Å²) >= 11 is 0. The SMILES string of the molecule is CN1CCC(N)CC1.CN1CCCC1.CN1CCOCC1.Cn1cccn1.Cn1ccnc1. The molecule has 9 nitrogen and oxygen atoms in total. The van der Waals surface area contributed by atoms with Crippen LogP contribution in [0.15, 0.2) is 37.2 Å². The van der Waals surface area contributed by atoms with Crippen molar-refractivity contribution in [1.82, 2.24) is 34.0 Å². The summed E-state index contributed by atoms with van der Waals surface area (Å²) in [6.45, 7) is 9.02. The van der Waals surface area contributed by atoms with Crippen LogP contribution in [0.2, 0.25) is 0 Å². The molecule has 0 radical (unpaired) electrons. The van der Waals surface area contributed by atoms with E-state index in [4.69, 9.17) is 10.5 Å².